The standard InChI is InChI=1S/C13H19NO2/c1-10(11-2-3-11)14-12-4-6-13(7-5-12)16-9-8-15/h4-7,10-11,14-15H,2-3,8-9H2,1H3. The Morgan fingerprint density at radius 3 is 2.62 bits per heavy atom. The van der Waals surface area contributed by atoms with Gasteiger partial charge < -0.3 is 15.2 Å². The van der Waals surface area contributed by atoms with E-state index in [1.165, 1.54) is 12.8 Å². The first kappa shape index (κ1) is 11.3. The number of hydrogen-bond donors (Lipinski definition) is 2. The molecule has 2 rings (SSSR count). The molecule has 0 spiro atoms. The van der Waals surface area contributed by atoms with Crippen molar-refractivity contribution in [1.29, 1.82) is 0 Å². The van der Waals surface area contributed by atoms with Crippen LogP contribution in [0.1, 0.15) is 19.8 Å². The van der Waals surface area contributed by atoms with E-state index in [-0.39, 0.29) is 6.61 Å². The fourth-order valence-electron chi connectivity index (χ4n) is 1.79. The van der Waals surface area contributed by atoms with Crippen LogP contribution in [0.3, 0.4) is 0 Å². The maximum atomic E-state index is 8.63. The topological polar surface area (TPSA) is 41.5 Å². The fourth-order valence-corrected chi connectivity index (χ4v) is 1.79. The van der Waals surface area contributed by atoms with Gasteiger partial charge in [0.1, 0.15) is 12.4 Å². The smallest absolute Gasteiger partial charge is 0.119 e. The number of aliphatic hydroxyl groups excluding tert-OH is 1. The van der Waals surface area contributed by atoms with Gasteiger partial charge in [0.15, 0.2) is 0 Å². The van der Waals surface area contributed by atoms with Crippen molar-refractivity contribution in [3.63, 3.8) is 0 Å². The van der Waals surface area contributed by atoms with Crippen LogP contribution >= 0.6 is 0 Å². The molecule has 0 amide bonds. The Morgan fingerprint density at radius 1 is 1.38 bits per heavy atom. The number of hydrogen-bond acceptors (Lipinski definition) is 3. The molecule has 2 N–H and O–H groups in total. The van der Waals surface area contributed by atoms with E-state index in [4.69, 9.17) is 9.84 Å². The lowest BCUT2D eigenvalue weighted by Gasteiger charge is -2.14. The highest BCUT2D eigenvalue weighted by molar-refractivity contribution is 5.47. The molecule has 3 heteroatoms. The van der Waals surface area contributed by atoms with Crippen molar-refractivity contribution < 1.29 is 9.84 Å². The van der Waals surface area contributed by atoms with Gasteiger partial charge in [0, 0.05) is 11.7 Å². The van der Waals surface area contributed by atoms with E-state index < -0.39 is 0 Å². The Balaban J connectivity index is 1.85. The Kier molecular flexibility index (Phi) is 3.67. The Morgan fingerprint density at radius 2 is 2.06 bits per heavy atom. The zero-order valence-corrected chi connectivity index (χ0v) is 9.65. The van der Waals surface area contributed by atoms with Crippen LogP contribution in [-0.2, 0) is 0 Å². The molecule has 1 aromatic carbocycles. The molecular weight excluding hydrogens is 202 g/mol. The van der Waals surface area contributed by atoms with Gasteiger partial charge in [-0.15, -0.1) is 0 Å². The van der Waals surface area contributed by atoms with Crippen molar-refractivity contribution >= 4 is 5.69 Å². The number of ether oxygens (including phenoxy) is 1. The first-order valence-corrected chi connectivity index (χ1v) is 5.90. The predicted molar refractivity (Wildman–Crippen MR) is 64.8 cm³/mol. The van der Waals surface area contributed by atoms with Gasteiger partial charge in [0.05, 0.1) is 6.61 Å². The molecule has 16 heavy (non-hydrogen) atoms. The lowest BCUT2D eigenvalue weighted by molar-refractivity contribution is 0.201. The number of rotatable bonds is 6. The van der Waals surface area contributed by atoms with E-state index in [9.17, 15) is 0 Å². The lowest BCUT2D eigenvalue weighted by Crippen LogP contribution is -2.16. The van der Waals surface area contributed by atoms with Gasteiger partial charge in [-0.25, -0.2) is 0 Å². The highest BCUT2D eigenvalue weighted by Gasteiger charge is 2.27. The molecule has 1 aliphatic rings. The molecule has 1 unspecified atom stereocenters. The predicted octanol–water partition coefficient (Wildman–Crippen LogP) is 2.27. The molecule has 1 fully saturated rings. The summed E-state index contributed by atoms with van der Waals surface area (Å²) in [6.45, 7) is 2.64. The van der Waals surface area contributed by atoms with Gasteiger partial charge in [-0.1, -0.05) is 0 Å². The fraction of sp³-hybridized carbons (Fsp3) is 0.538. The van der Waals surface area contributed by atoms with Crippen molar-refractivity contribution in [3.8, 4) is 5.75 Å². The third-order valence-electron chi connectivity index (χ3n) is 2.94. The first-order chi connectivity index (χ1) is 7.79. The summed E-state index contributed by atoms with van der Waals surface area (Å²) in [4.78, 5) is 0. The third-order valence-corrected chi connectivity index (χ3v) is 2.94. The van der Waals surface area contributed by atoms with Crippen molar-refractivity contribution in [1.82, 2.24) is 0 Å². The molecule has 0 saturated heterocycles. The van der Waals surface area contributed by atoms with Crippen LogP contribution in [-0.4, -0.2) is 24.4 Å². The summed E-state index contributed by atoms with van der Waals surface area (Å²) in [5.74, 6) is 1.66. The minimum Gasteiger partial charge on any atom is -0.491 e. The molecule has 0 aromatic heterocycles. The third kappa shape index (κ3) is 3.14. The highest BCUT2D eigenvalue weighted by atomic mass is 16.5. The van der Waals surface area contributed by atoms with Gasteiger partial charge in [0.25, 0.3) is 0 Å². The Hall–Kier alpha value is -1.22. The Bertz CT molecular complexity index is 319. The average Bonchev–Trinajstić information content (AvgIpc) is 3.12. The summed E-state index contributed by atoms with van der Waals surface area (Å²) in [6, 6.07) is 8.45. The van der Waals surface area contributed by atoms with Gasteiger partial charge in [-0.3, -0.25) is 0 Å². The molecule has 0 bridgehead atoms. The zero-order valence-electron chi connectivity index (χ0n) is 9.65. The molecule has 0 aliphatic heterocycles. The SMILES string of the molecule is CC(Nc1ccc(OCCO)cc1)C1CC1. The van der Waals surface area contributed by atoms with Gasteiger partial charge in [-0.2, -0.15) is 0 Å². The second kappa shape index (κ2) is 5.21. The van der Waals surface area contributed by atoms with Crippen LogP contribution in [0.4, 0.5) is 5.69 Å². The van der Waals surface area contributed by atoms with Crippen LogP contribution in [0.15, 0.2) is 24.3 Å². The quantitative estimate of drug-likeness (QED) is 0.774. The summed E-state index contributed by atoms with van der Waals surface area (Å²) < 4.78 is 5.30. The number of nitrogens with one attached hydrogen (secondary N) is 1. The van der Waals surface area contributed by atoms with Crippen LogP contribution in [0, 0.1) is 5.92 Å². The van der Waals surface area contributed by atoms with Crippen molar-refractivity contribution in [2.45, 2.75) is 25.8 Å². The monoisotopic (exact) mass is 221 g/mol. The minimum absolute atomic E-state index is 0.0543. The minimum atomic E-state index is 0.0543. The molecule has 1 saturated carbocycles. The van der Waals surface area contributed by atoms with E-state index in [0.717, 1.165) is 17.4 Å². The molecular formula is C13H19NO2. The summed E-state index contributed by atoms with van der Waals surface area (Å²) in [5, 5.41) is 12.1. The van der Waals surface area contributed by atoms with E-state index in [1.54, 1.807) is 0 Å². The maximum absolute atomic E-state index is 8.63. The lowest BCUT2D eigenvalue weighted by atomic mass is 10.2. The van der Waals surface area contributed by atoms with Crippen LogP contribution in [0.2, 0.25) is 0 Å². The van der Waals surface area contributed by atoms with E-state index in [1.807, 2.05) is 24.3 Å². The molecule has 3 nitrogen and oxygen atoms in total. The zero-order chi connectivity index (χ0) is 11.4. The van der Waals surface area contributed by atoms with Crippen molar-refractivity contribution in [2.24, 2.45) is 5.92 Å². The molecule has 0 heterocycles. The molecule has 1 atom stereocenters. The normalized spacial score (nSPS) is 16.9. The summed E-state index contributed by atoms with van der Waals surface area (Å²) in [6.07, 6.45) is 2.71. The first-order valence-electron chi connectivity index (χ1n) is 5.90. The van der Waals surface area contributed by atoms with E-state index in [2.05, 4.69) is 12.2 Å². The second-order valence-corrected chi connectivity index (χ2v) is 4.37. The molecule has 1 aromatic rings. The molecule has 0 radical (unpaired) electrons. The van der Waals surface area contributed by atoms with Crippen LogP contribution < -0.4 is 10.1 Å². The van der Waals surface area contributed by atoms with Crippen molar-refractivity contribution in [3.05, 3.63) is 24.3 Å². The number of benzene rings is 1. The largest absolute Gasteiger partial charge is 0.491 e. The maximum Gasteiger partial charge on any atom is 0.119 e. The summed E-state index contributed by atoms with van der Waals surface area (Å²) in [5.41, 5.74) is 1.13. The average molecular weight is 221 g/mol. The highest BCUT2D eigenvalue weighted by Crippen LogP contribution is 2.34. The Labute approximate surface area is 96.4 Å². The molecule has 88 valence electrons. The number of anilines is 1. The van der Waals surface area contributed by atoms with Gasteiger partial charge in [0.2, 0.25) is 0 Å². The van der Waals surface area contributed by atoms with E-state index in [0.29, 0.717) is 12.6 Å². The summed E-state index contributed by atoms with van der Waals surface area (Å²) >= 11 is 0. The number of aliphatic hydroxyl groups is 1. The summed E-state index contributed by atoms with van der Waals surface area (Å²) in [7, 11) is 0. The molecule has 1 aliphatic carbocycles. The van der Waals surface area contributed by atoms with E-state index >= 15 is 0 Å². The van der Waals surface area contributed by atoms with Crippen LogP contribution in [0.25, 0.3) is 0 Å². The van der Waals surface area contributed by atoms with Gasteiger partial charge in [-0.05, 0) is 49.9 Å². The van der Waals surface area contributed by atoms with Gasteiger partial charge >= 0.3 is 0 Å². The van der Waals surface area contributed by atoms with Crippen molar-refractivity contribution in [2.75, 3.05) is 18.5 Å². The second-order valence-electron chi connectivity index (χ2n) is 4.37. The van der Waals surface area contributed by atoms with Crippen LogP contribution in [0.5, 0.6) is 5.75 Å².